The quantitative estimate of drug-likeness (QED) is 0.0344. The van der Waals surface area contributed by atoms with Crippen LogP contribution in [0.1, 0.15) is 362 Å². The highest BCUT2D eigenvalue weighted by Crippen LogP contribution is 2.20. The summed E-state index contributed by atoms with van der Waals surface area (Å²) in [6.07, 6.45) is 51.2. The van der Waals surface area contributed by atoms with E-state index in [1.807, 2.05) is 33.1 Å². The van der Waals surface area contributed by atoms with E-state index in [9.17, 15) is 46.7 Å². The molecule has 2 amide bonds. The summed E-state index contributed by atoms with van der Waals surface area (Å²) in [5, 5.41) is 8.21. The number of carbonyl (C=O) groups excluding carboxylic acids is 6. The zero-order valence-corrected chi connectivity index (χ0v) is 63.7. The molecular formula is C78H149F3N4O12. The number of esters is 4. The molecule has 0 aliphatic rings. The molecule has 0 saturated carbocycles. The van der Waals surface area contributed by atoms with Crippen LogP contribution < -0.4 is 0 Å². The van der Waals surface area contributed by atoms with E-state index in [4.69, 9.17) is 24.1 Å². The number of nitrogens with zero attached hydrogens (tertiary/aromatic N) is 4. The van der Waals surface area contributed by atoms with E-state index < -0.39 is 43.1 Å². The molecule has 0 fully saturated rings. The monoisotopic (exact) mass is 1390 g/mol. The number of halogens is 3. The first-order valence-electron chi connectivity index (χ1n) is 39.5. The van der Waals surface area contributed by atoms with Crippen molar-refractivity contribution >= 4 is 41.7 Å². The van der Waals surface area contributed by atoms with Gasteiger partial charge in [-0.1, -0.05) is 285 Å². The van der Waals surface area contributed by atoms with Gasteiger partial charge in [-0.2, -0.15) is 13.2 Å². The molecule has 0 heterocycles. The summed E-state index contributed by atoms with van der Waals surface area (Å²) in [5.74, 6) is -4.07. The molecule has 19 heteroatoms. The first kappa shape index (κ1) is 97.2. The number of hydrogen-bond acceptors (Lipinski definition) is 13. The minimum Gasteiger partial charge on any atom is -0.481 e. The van der Waals surface area contributed by atoms with Crippen LogP contribution in [0.2, 0.25) is 0 Å². The molecule has 0 aromatic carbocycles. The second-order valence-corrected chi connectivity index (χ2v) is 27.4. The summed E-state index contributed by atoms with van der Waals surface area (Å²) in [7, 11) is 7.85. The third-order valence-corrected chi connectivity index (χ3v) is 17.3. The summed E-state index contributed by atoms with van der Waals surface area (Å²) in [5.41, 5.74) is 0. The van der Waals surface area contributed by atoms with Crippen molar-refractivity contribution in [3.05, 3.63) is 0 Å². The van der Waals surface area contributed by atoms with Crippen LogP contribution in [0.4, 0.5) is 13.2 Å². The van der Waals surface area contributed by atoms with Gasteiger partial charge in [-0.3, -0.25) is 33.6 Å². The Labute approximate surface area is 591 Å². The lowest BCUT2D eigenvalue weighted by atomic mass is 10.1. The van der Waals surface area contributed by atoms with Crippen molar-refractivity contribution in [3.63, 3.8) is 0 Å². The Kier molecular flexibility index (Phi) is 74.8. The van der Waals surface area contributed by atoms with Gasteiger partial charge in [0.25, 0.3) is 0 Å². The number of unbranched alkanes of at least 4 members (excludes halogenated alkanes) is 40. The van der Waals surface area contributed by atoms with Crippen LogP contribution in [-0.4, -0.2) is 166 Å². The number of rotatable bonds is 68. The second kappa shape index (κ2) is 74.7. The maximum absolute atomic E-state index is 13.0. The maximum atomic E-state index is 13.0. The molecule has 16 nitrogen and oxygen atoms in total. The fourth-order valence-electron chi connectivity index (χ4n) is 11.2. The van der Waals surface area contributed by atoms with E-state index in [0.29, 0.717) is 50.1 Å². The van der Waals surface area contributed by atoms with E-state index in [1.165, 1.54) is 205 Å². The third-order valence-electron chi connectivity index (χ3n) is 17.3. The highest BCUT2D eigenvalue weighted by Gasteiger charge is 2.42. The minimum absolute atomic E-state index is 0.0136. The number of hydrogen-bond donors (Lipinski definition) is 1. The molecule has 0 aromatic heterocycles. The van der Waals surface area contributed by atoms with Crippen LogP contribution in [0.5, 0.6) is 0 Å². The van der Waals surface area contributed by atoms with E-state index in [0.717, 1.165) is 90.1 Å². The number of amides is 2. The highest BCUT2D eigenvalue weighted by atomic mass is 19.4. The number of carbonyl (C=O) groups is 7. The molecule has 0 unspecified atom stereocenters. The molecule has 0 aromatic rings. The van der Waals surface area contributed by atoms with Crippen molar-refractivity contribution in [1.82, 2.24) is 19.6 Å². The number of ether oxygens (including phenoxy) is 4. The number of carboxylic acids is 1. The number of aliphatic carboxylic acids is 1. The first-order chi connectivity index (χ1) is 46.7. The van der Waals surface area contributed by atoms with Gasteiger partial charge in [0.1, 0.15) is 26.4 Å². The van der Waals surface area contributed by atoms with Gasteiger partial charge >= 0.3 is 41.9 Å². The van der Waals surface area contributed by atoms with E-state index >= 15 is 0 Å². The third kappa shape index (κ3) is 77.6. The van der Waals surface area contributed by atoms with E-state index in [2.05, 4.69) is 32.6 Å². The van der Waals surface area contributed by atoms with Gasteiger partial charge in [-0.15, -0.1) is 0 Å². The molecule has 0 saturated heterocycles. The van der Waals surface area contributed by atoms with Crippen molar-refractivity contribution in [3.8, 4) is 0 Å². The molecule has 97 heavy (non-hydrogen) atoms. The zero-order valence-electron chi connectivity index (χ0n) is 63.7. The van der Waals surface area contributed by atoms with E-state index in [-0.39, 0.29) is 63.5 Å². The smallest absolute Gasteiger partial charge is 0.471 e. The van der Waals surface area contributed by atoms with Crippen LogP contribution in [0.15, 0.2) is 0 Å². The van der Waals surface area contributed by atoms with Crippen LogP contribution in [0.25, 0.3) is 0 Å². The molecule has 0 rings (SSSR count). The Balaban J connectivity index is -0.00000161. The average molecular weight is 1390 g/mol. The topological polar surface area (TPSA) is 190 Å². The average Bonchev–Trinajstić information content (AvgIpc) is 1.29. The molecule has 0 aliphatic heterocycles. The van der Waals surface area contributed by atoms with Crippen molar-refractivity contribution in [1.29, 1.82) is 0 Å². The van der Waals surface area contributed by atoms with Crippen molar-refractivity contribution in [2.45, 2.75) is 368 Å². The van der Waals surface area contributed by atoms with Crippen LogP contribution in [-0.2, 0) is 52.5 Å². The molecular weight excluding hydrogens is 1240 g/mol. The maximum Gasteiger partial charge on any atom is 0.471 e. The summed E-state index contributed by atoms with van der Waals surface area (Å²) in [4.78, 5) is 89.4. The standard InChI is InChI=1S/C38H74N2O5.C34H62F3NO5.C6H13NO2/c1-5-7-9-11-13-15-17-19-21-23-25-29-37(42)44-34-32-40(36(41)28-27-31-39(3)4)33-35-45-38(43)30-26-24-22-20-18-16-14-12-10-8-6-2;1-3-5-7-9-11-13-15-17-19-21-23-25-31(39)42-29-27-38(33(41)34(35,36)37)28-30-43-32(40)26-24-22-20-18-16-14-12-10-8-6-4-2;1-7(2)5-3-4-6(8)9/h5-35H2,1-4H3;3-30H2,1-2H3;3-5H2,1-2H3,(H,8,9). The van der Waals surface area contributed by atoms with Crippen molar-refractivity contribution < 1.29 is 70.8 Å². The Morgan fingerprint density at radius 2 is 0.485 bits per heavy atom. The first-order valence-corrected chi connectivity index (χ1v) is 39.5. The molecule has 1 N–H and O–H groups in total. The Bertz CT molecular complexity index is 1720. The largest absolute Gasteiger partial charge is 0.481 e. The minimum atomic E-state index is -5.06. The predicted octanol–water partition coefficient (Wildman–Crippen LogP) is 19.9. The SMILES string of the molecule is CCCCCCCCCCCCCC(=O)OCCN(CCOC(=O)CCCCCCCCCCCCC)C(=O)C(F)(F)F.CCCCCCCCCCCCCC(=O)OCCN(CCOC(=O)CCCCCCCCCCCCC)C(=O)CCCN(C)C.CN(C)CCCC(=O)O. The summed E-state index contributed by atoms with van der Waals surface area (Å²) in [6.45, 7) is 10.2. The van der Waals surface area contributed by atoms with Crippen LogP contribution >= 0.6 is 0 Å². The zero-order chi connectivity index (χ0) is 72.5. The van der Waals surface area contributed by atoms with E-state index in [1.54, 1.807) is 4.90 Å². The molecule has 0 aliphatic carbocycles. The molecule has 0 spiro atoms. The van der Waals surface area contributed by atoms with Gasteiger partial charge in [-0.05, 0) is 79.8 Å². The summed E-state index contributed by atoms with van der Waals surface area (Å²) >= 11 is 0. The Morgan fingerprint density at radius 1 is 0.278 bits per heavy atom. The van der Waals surface area contributed by atoms with Crippen LogP contribution in [0.3, 0.4) is 0 Å². The molecule has 0 atom stereocenters. The molecule has 0 radical (unpaired) electrons. The molecule has 574 valence electrons. The van der Waals surface area contributed by atoms with Gasteiger partial charge in [-0.25, -0.2) is 0 Å². The van der Waals surface area contributed by atoms with Crippen molar-refractivity contribution in [2.75, 3.05) is 93.9 Å². The Morgan fingerprint density at radius 3 is 0.691 bits per heavy atom. The van der Waals surface area contributed by atoms with Gasteiger partial charge in [0.05, 0.1) is 26.2 Å². The lowest BCUT2D eigenvalue weighted by Crippen LogP contribution is -2.44. The van der Waals surface area contributed by atoms with Gasteiger partial charge in [0.2, 0.25) is 5.91 Å². The highest BCUT2D eigenvalue weighted by molar-refractivity contribution is 5.82. The fraction of sp³-hybridized carbons (Fsp3) is 0.910. The van der Waals surface area contributed by atoms with Gasteiger partial charge < -0.3 is 43.7 Å². The predicted molar refractivity (Wildman–Crippen MR) is 391 cm³/mol. The molecule has 0 bridgehead atoms. The van der Waals surface area contributed by atoms with Gasteiger partial charge in [0, 0.05) is 38.5 Å². The summed E-state index contributed by atoms with van der Waals surface area (Å²) < 4.78 is 60.2. The lowest BCUT2D eigenvalue weighted by Gasteiger charge is -2.23. The fourth-order valence-corrected chi connectivity index (χ4v) is 11.2. The lowest BCUT2D eigenvalue weighted by molar-refractivity contribution is -0.187. The number of alkyl halides is 3. The van der Waals surface area contributed by atoms with Crippen molar-refractivity contribution in [2.24, 2.45) is 0 Å². The second-order valence-electron chi connectivity index (χ2n) is 27.4. The summed E-state index contributed by atoms with van der Waals surface area (Å²) in [6, 6.07) is 0. The van der Waals surface area contributed by atoms with Gasteiger partial charge in [0.15, 0.2) is 0 Å². The Hall–Kier alpha value is -4.00. The normalized spacial score (nSPS) is 11.2. The van der Waals surface area contributed by atoms with Crippen LogP contribution in [0, 0.1) is 0 Å². The number of carboxylic acid groups (broad SMARTS) is 1.